The van der Waals surface area contributed by atoms with Gasteiger partial charge in [0.15, 0.2) is 0 Å². The van der Waals surface area contributed by atoms with E-state index in [-0.39, 0.29) is 11.0 Å². The van der Waals surface area contributed by atoms with E-state index in [4.69, 9.17) is 35.4 Å². The molecular formula is C14H13Cl2NOS. The van der Waals surface area contributed by atoms with Crippen LogP contribution in [0.25, 0.3) is 0 Å². The first-order valence-electron chi connectivity index (χ1n) is 6.15. The minimum atomic E-state index is -0.0553. The molecule has 1 aromatic carbocycles. The predicted octanol–water partition coefficient (Wildman–Crippen LogP) is 3.77. The lowest BCUT2D eigenvalue weighted by Gasteiger charge is -2.69. The topological polar surface area (TPSA) is 29.1 Å². The monoisotopic (exact) mass is 313 g/mol. The predicted molar refractivity (Wildman–Crippen MR) is 81.0 cm³/mol. The zero-order valence-corrected chi connectivity index (χ0v) is 12.8. The first kappa shape index (κ1) is 13.3. The fourth-order valence-corrected chi connectivity index (χ4v) is 3.89. The standard InChI is InChI=1S/C14H13Cl2NOS/c1-8(18)13-5-14(6-13,7-13)17-12(19)9-2-3-10(15)11(16)4-9/h2-4H,5-7H2,1H3,(H,17,19). The molecule has 2 bridgehead atoms. The van der Waals surface area contributed by atoms with E-state index < -0.39 is 0 Å². The number of thiocarbonyl (C=S) groups is 1. The number of carbonyl (C=O) groups is 1. The lowest BCUT2D eigenvalue weighted by atomic mass is 9.38. The number of benzene rings is 1. The van der Waals surface area contributed by atoms with Gasteiger partial charge in [-0.1, -0.05) is 41.5 Å². The van der Waals surface area contributed by atoms with E-state index in [1.807, 2.05) is 6.07 Å². The van der Waals surface area contributed by atoms with E-state index in [1.54, 1.807) is 19.1 Å². The number of hydrogen-bond acceptors (Lipinski definition) is 2. The fourth-order valence-electron chi connectivity index (χ4n) is 3.24. The second-order valence-electron chi connectivity index (χ2n) is 5.73. The Morgan fingerprint density at radius 2 is 1.89 bits per heavy atom. The highest BCUT2D eigenvalue weighted by Gasteiger charge is 2.70. The van der Waals surface area contributed by atoms with Crippen molar-refractivity contribution < 1.29 is 4.79 Å². The molecule has 0 amide bonds. The maximum atomic E-state index is 11.5. The van der Waals surface area contributed by atoms with Crippen molar-refractivity contribution in [2.75, 3.05) is 0 Å². The zero-order chi connectivity index (χ0) is 13.8. The van der Waals surface area contributed by atoms with Crippen molar-refractivity contribution >= 4 is 46.2 Å². The van der Waals surface area contributed by atoms with Gasteiger partial charge in [-0.25, -0.2) is 0 Å². The molecule has 4 rings (SSSR count). The third-order valence-electron chi connectivity index (χ3n) is 4.34. The van der Waals surface area contributed by atoms with Gasteiger partial charge in [0.2, 0.25) is 0 Å². The van der Waals surface area contributed by atoms with Crippen molar-refractivity contribution in [2.45, 2.75) is 31.7 Å². The Labute approximate surface area is 127 Å². The summed E-state index contributed by atoms with van der Waals surface area (Å²) in [6.07, 6.45) is 2.70. The van der Waals surface area contributed by atoms with Crippen LogP contribution >= 0.6 is 35.4 Å². The van der Waals surface area contributed by atoms with E-state index in [0.29, 0.717) is 20.8 Å². The van der Waals surface area contributed by atoms with E-state index in [2.05, 4.69) is 5.32 Å². The van der Waals surface area contributed by atoms with Gasteiger partial charge in [-0.15, -0.1) is 0 Å². The molecule has 0 radical (unpaired) electrons. The number of ketones is 1. The lowest BCUT2D eigenvalue weighted by molar-refractivity contribution is -0.171. The fraction of sp³-hybridized carbons (Fsp3) is 0.429. The quantitative estimate of drug-likeness (QED) is 0.861. The van der Waals surface area contributed by atoms with Gasteiger partial charge in [0.05, 0.1) is 10.0 Å². The van der Waals surface area contributed by atoms with Gasteiger partial charge in [-0.05, 0) is 38.3 Å². The smallest absolute Gasteiger partial charge is 0.136 e. The summed E-state index contributed by atoms with van der Waals surface area (Å²) in [4.78, 5) is 12.1. The number of carbonyl (C=O) groups excluding carboxylic acids is 1. The molecule has 0 aliphatic heterocycles. The molecule has 3 saturated carbocycles. The Kier molecular flexibility index (Phi) is 2.93. The molecule has 0 unspecified atom stereocenters. The van der Waals surface area contributed by atoms with Crippen molar-refractivity contribution in [3.63, 3.8) is 0 Å². The summed E-state index contributed by atoms with van der Waals surface area (Å²) in [5, 5.41) is 4.40. The maximum absolute atomic E-state index is 11.5. The van der Waals surface area contributed by atoms with E-state index in [9.17, 15) is 4.79 Å². The number of hydrogen-bond donors (Lipinski definition) is 1. The van der Waals surface area contributed by atoms with Crippen LogP contribution in [0.5, 0.6) is 0 Å². The van der Waals surface area contributed by atoms with Gasteiger partial charge >= 0.3 is 0 Å². The Hall–Kier alpha value is -0.640. The summed E-state index contributed by atoms with van der Waals surface area (Å²) in [5.41, 5.74) is 0.848. The van der Waals surface area contributed by atoms with Gasteiger partial charge < -0.3 is 5.32 Å². The van der Waals surface area contributed by atoms with Crippen molar-refractivity contribution in [1.29, 1.82) is 0 Å². The number of Topliss-reactive ketones (excluding diaryl/α,β-unsaturated/α-hetero) is 1. The molecule has 2 nitrogen and oxygen atoms in total. The molecule has 3 aliphatic rings. The molecule has 1 aromatic rings. The van der Waals surface area contributed by atoms with Crippen LogP contribution in [-0.2, 0) is 4.79 Å². The van der Waals surface area contributed by atoms with Crippen LogP contribution < -0.4 is 5.32 Å². The van der Waals surface area contributed by atoms with Crippen LogP contribution in [0, 0.1) is 5.41 Å². The van der Waals surface area contributed by atoms with Crippen molar-refractivity contribution in [2.24, 2.45) is 5.41 Å². The zero-order valence-electron chi connectivity index (χ0n) is 10.4. The van der Waals surface area contributed by atoms with Crippen LogP contribution in [0.4, 0.5) is 0 Å². The minimum absolute atomic E-state index is 0.0366. The Balaban J connectivity index is 1.68. The molecule has 0 aromatic heterocycles. The molecule has 0 saturated heterocycles. The summed E-state index contributed by atoms with van der Waals surface area (Å²) in [6.45, 7) is 1.68. The normalized spacial score (nSPS) is 31.1. The molecule has 100 valence electrons. The summed E-state index contributed by atoms with van der Waals surface area (Å²) in [6, 6.07) is 5.37. The third-order valence-corrected chi connectivity index (χ3v) is 5.41. The average molecular weight is 314 g/mol. The minimum Gasteiger partial charge on any atom is -0.370 e. The number of halogens is 2. The highest BCUT2D eigenvalue weighted by molar-refractivity contribution is 7.80. The summed E-state index contributed by atoms with van der Waals surface area (Å²) in [7, 11) is 0. The lowest BCUT2D eigenvalue weighted by Crippen LogP contribution is -2.76. The van der Waals surface area contributed by atoms with E-state index in [0.717, 1.165) is 24.8 Å². The molecular weight excluding hydrogens is 301 g/mol. The van der Waals surface area contributed by atoms with Gasteiger partial charge in [0, 0.05) is 16.5 Å². The SMILES string of the molecule is CC(=O)C12CC(NC(=S)c3ccc(Cl)c(Cl)c3)(C1)C2. The molecule has 19 heavy (non-hydrogen) atoms. The van der Waals surface area contributed by atoms with Crippen LogP contribution in [0.3, 0.4) is 0 Å². The number of nitrogens with one attached hydrogen (secondary N) is 1. The van der Waals surface area contributed by atoms with Gasteiger partial charge in [-0.2, -0.15) is 0 Å². The molecule has 3 fully saturated rings. The van der Waals surface area contributed by atoms with E-state index in [1.165, 1.54) is 0 Å². The van der Waals surface area contributed by atoms with Crippen LogP contribution in [0.15, 0.2) is 18.2 Å². The maximum Gasteiger partial charge on any atom is 0.136 e. The average Bonchev–Trinajstić information content (AvgIpc) is 2.24. The van der Waals surface area contributed by atoms with E-state index >= 15 is 0 Å². The Morgan fingerprint density at radius 1 is 1.26 bits per heavy atom. The van der Waals surface area contributed by atoms with Crippen LogP contribution in [0.2, 0.25) is 10.0 Å². The molecule has 0 heterocycles. The second-order valence-corrected chi connectivity index (χ2v) is 6.95. The number of rotatable bonds is 3. The third kappa shape index (κ3) is 1.99. The van der Waals surface area contributed by atoms with Gasteiger partial charge in [0.25, 0.3) is 0 Å². The summed E-state index contributed by atoms with van der Waals surface area (Å²) in [5.74, 6) is 0.302. The van der Waals surface area contributed by atoms with Gasteiger partial charge in [0.1, 0.15) is 10.8 Å². The molecule has 0 spiro atoms. The molecule has 0 atom stereocenters. The molecule has 3 aliphatic carbocycles. The van der Waals surface area contributed by atoms with Crippen molar-refractivity contribution in [3.05, 3.63) is 33.8 Å². The van der Waals surface area contributed by atoms with Crippen molar-refractivity contribution in [1.82, 2.24) is 5.32 Å². The van der Waals surface area contributed by atoms with Gasteiger partial charge in [-0.3, -0.25) is 4.79 Å². The molecule has 5 heteroatoms. The highest BCUT2D eigenvalue weighted by Crippen LogP contribution is 2.67. The summed E-state index contributed by atoms with van der Waals surface area (Å²) >= 11 is 17.3. The second kappa shape index (κ2) is 4.18. The Bertz CT molecular complexity index is 579. The molecule has 1 N–H and O–H groups in total. The van der Waals surface area contributed by atoms with Crippen molar-refractivity contribution in [3.8, 4) is 0 Å². The largest absolute Gasteiger partial charge is 0.370 e. The van der Waals surface area contributed by atoms with Crippen LogP contribution in [-0.4, -0.2) is 16.3 Å². The highest BCUT2D eigenvalue weighted by atomic mass is 35.5. The Morgan fingerprint density at radius 3 is 2.42 bits per heavy atom. The first-order valence-corrected chi connectivity index (χ1v) is 7.31. The summed E-state index contributed by atoms with van der Waals surface area (Å²) < 4.78 is 0. The first-order chi connectivity index (χ1) is 8.86. The van der Waals surface area contributed by atoms with Crippen LogP contribution in [0.1, 0.15) is 31.7 Å².